The smallest absolute Gasteiger partial charge is 0.416 e. The summed E-state index contributed by atoms with van der Waals surface area (Å²) in [6.45, 7) is 8.00. The molecule has 0 radical (unpaired) electrons. The van der Waals surface area contributed by atoms with E-state index in [-0.39, 0.29) is 18.0 Å². The molecular weight excluding hydrogens is 497 g/mol. The monoisotopic (exact) mass is 528 g/mol. The number of benzene rings is 2. The van der Waals surface area contributed by atoms with Crippen molar-refractivity contribution in [2.24, 2.45) is 0 Å². The number of amides is 1. The molecule has 7 nitrogen and oxygen atoms in total. The summed E-state index contributed by atoms with van der Waals surface area (Å²) in [5, 5.41) is 2.67. The van der Waals surface area contributed by atoms with Gasteiger partial charge in [-0.2, -0.15) is 13.2 Å². The summed E-state index contributed by atoms with van der Waals surface area (Å²) in [5.41, 5.74) is 2.00. The first kappa shape index (κ1) is 30.0. The summed E-state index contributed by atoms with van der Waals surface area (Å²) >= 11 is 0. The largest absolute Gasteiger partial charge is 0.469 e. The summed E-state index contributed by atoms with van der Waals surface area (Å²) in [6.07, 6.45) is 1.07. The van der Waals surface area contributed by atoms with Crippen LogP contribution in [-0.2, 0) is 28.5 Å². The number of methoxy groups -OCH3 is 1. The first-order valence-corrected chi connectivity index (χ1v) is 12.2. The van der Waals surface area contributed by atoms with Gasteiger partial charge in [-0.1, -0.05) is 39.8 Å². The molecule has 2 aromatic heterocycles. The Bertz CT molecular complexity index is 1330. The van der Waals surface area contributed by atoms with Crippen LogP contribution in [0.3, 0.4) is 0 Å². The second-order valence-corrected chi connectivity index (χ2v) is 7.48. The van der Waals surface area contributed by atoms with Crippen LogP contribution >= 0.6 is 0 Å². The van der Waals surface area contributed by atoms with Gasteiger partial charge in [0, 0.05) is 41.8 Å². The summed E-state index contributed by atoms with van der Waals surface area (Å²) in [7, 11) is 1.32. The fraction of sp³-hybridized carbons (Fsp3) is 0.286. The second-order valence-electron chi connectivity index (χ2n) is 7.48. The van der Waals surface area contributed by atoms with Crippen molar-refractivity contribution < 1.29 is 27.5 Å². The van der Waals surface area contributed by atoms with Crippen LogP contribution < -0.4 is 5.32 Å². The average molecular weight is 529 g/mol. The zero-order chi connectivity index (χ0) is 28.3. The maximum absolute atomic E-state index is 12.7. The Hall–Kier alpha value is -4.21. The molecule has 0 unspecified atom stereocenters. The molecule has 0 bridgehead atoms. The van der Waals surface area contributed by atoms with Gasteiger partial charge in [-0.3, -0.25) is 14.0 Å². The van der Waals surface area contributed by atoms with Crippen LogP contribution in [-0.4, -0.2) is 33.4 Å². The predicted molar refractivity (Wildman–Crippen MR) is 140 cm³/mol. The van der Waals surface area contributed by atoms with E-state index in [2.05, 4.69) is 15.3 Å². The quantitative estimate of drug-likeness (QED) is 0.295. The SMILES string of the molecule is CC.CC.COC(=O)Cc1cnc(Cc2ccc(NC(=O)c3ccc(C(F)(F)F)cc3)cc2)n2ccnc12. The normalized spacial score (nSPS) is 10.5. The van der Waals surface area contributed by atoms with Gasteiger partial charge in [-0.05, 0) is 42.0 Å². The van der Waals surface area contributed by atoms with Crippen LogP contribution in [0.4, 0.5) is 18.9 Å². The number of imidazole rings is 1. The number of carbonyl (C=O) groups excluding carboxylic acids is 2. The fourth-order valence-electron chi connectivity index (χ4n) is 3.41. The number of rotatable bonds is 6. The van der Waals surface area contributed by atoms with E-state index in [4.69, 9.17) is 4.74 Å². The van der Waals surface area contributed by atoms with E-state index in [9.17, 15) is 22.8 Å². The Morgan fingerprint density at radius 2 is 1.58 bits per heavy atom. The minimum atomic E-state index is -4.45. The zero-order valence-corrected chi connectivity index (χ0v) is 22.0. The Kier molecular flexibility index (Phi) is 11.0. The molecule has 0 saturated heterocycles. The molecule has 0 saturated carbocycles. The van der Waals surface area contributed by atoms with Crippen LogP contribution in [0.2, 0.25) is 0 Å². The lowest BCUT2D eigenvalue weighted by atomic mass is 10.1. The molecule has 4 aromatic rings. The van der Waals surface area contributed by atoms with Gasteiger partial charge >= 0.3 is 12.1 Å². The van der Waals surface area contributed by atoms with Crippen molar-refractivity contribution in [2.75, 3.05) is 12.4 Å². The molecular formula is C28H31F3N4O3. The molecule has 0 aliphatic rings. The van der Waals surface area contributed by atoms with E-state index in [0.29, 0.717) is 29.1 Å². The molecule has 0 atom stereocenters. The van der Waals surface area contributed by atoms with Crippen molar-refractivity contribution in [3.05, 3.63) is 95.2 Å². The highest BCUT2D eigenvalue weighted by Gasteiger charge is 2.30. The minimum Gasteiger partial charge on any atom is -0.469 e. The number of hydrogen-bond acceptors (Lipinski definition) is 5. The highest BCUT2D eigenvalue weighted by Crippen LogP contribution is 2.29. The topological polar surface area (TPSA) is 85.6 Å². The zero-order valence-electron chi connectivity index (χ0n) is 22.0. The highest BCUT2D eigenvalue weighted by molar-refractivity contribution is 6.04. The van der Waals surface area contributed by atoms with E-state index in [1.54, 1.807) is 35.1 Å². The van der Waals surface area contributed by atoms with Crippen LogP contribution in [0.25, 0.3) is 5.65 Å². The van der Waals surface area contributed by atoms with Crippen LogP contribution in [0.15, 0.2) is 67.1 Å². The molecule has 38 heavy (non-hydrogen) atoms. The number of aromatic nitrogens is 3. The van der Waals surface area contributed by atoms with Gasteiger partial charge in [-0.15, -0.1) is 0 Å². The lowest BCUT2D eigenvalue weighted by molar-refractivity contribution is -0.140. The third-order valence-corrected chi connectivity index (χ3v) is 5.19. The average Bonchev–Trinajstić information content (AvgIpc) is 3.44. The summed E-state index contributed by atoms with van der Waals surface area (Å²) in [4.78, 5) is 32.7. The Labute approximate surface area is 219 Å². The lowest BCUT2D eigenvalue weighted by Crippen LogP contribution is -2.13. The van der Waals surface area contributed by atoms with E-state index in [1.165, 1.54) is 7.11 Å². The number of nitrogens with zero attached hydrogens (tertiary/aromatic N) is 3. The first-order chi connectivity index (χ1) is 18.2. The van der Waals surface area contributed by atoms with Crippen molar-refractivity contribution in [1.82, 2.24) is 14.4 Å². The van der Waals surface area contributed by atoms with Crippen molar-refractivity contribution in [3.8, 4) is 0 Å². The number of anilines is 1. The Morgan fingerprint density at radius 1 is 0.947 bits per heavy atom. The van der Waals surface area contributed by atoms with Gasteiger partial charge in [0.1, 0.15) is 11.5 Å². The van der Waals surface area contributed by atoms with Gasteiger partial charge in [0.15, 0.2) is 0 Å². The number of halogens is 3. The molecule has 10 heteroatoms. The van der Waals surface area contributed by atoms with Crippen LogP contribution in [0.5, 0.6) is 0 Å². The van der Waals surface area contributed by atoms with Crippen LogP contribution in [0, 0.1) is 0 Å². The summed E-state index contributed by atoms with van der Waals surface area (Å²) in [6, 6.07) is 11.1. The number of fused-ring (bicyclic) bond motifs is 1. The molecule has 0 fully saturated rings. The number of nitrogens with one attached hydrogen (secondary N) is 1. The molecule has 2 heterocycles. The number of esters is 1. The van der Waals surface area contributed by atoms with Gasteiger partial charge in [0.25, 0.3) is 5.91 Å². The molecule has 4 rings (SSSR count). The standard InChI is InChI=1S/C24H19F3N4O3.2C2H6/c1-34-21(32)13-17-14-29-20(31-11-10-28-22(17)31)12-15-2-8-19(9-3-15)30-23(33)16-4-6-18(7-5-16)24(25,26)27;2*1-2/h2-11,14H,12-13H2,1H3,(H,30,33);2*1-2H3. The Balaban J connectivity index is 0.00000121. The lowest BCUT2D eigenvalue weighted by Gasteiger charge is -2.10. The van der Waals surface area contributed by atoms with Gasteiger partial charge in [0.2, 0.25) is 0 Å². The number of alkyl halides is 3. The van der Waals surface area contributed by atoms with Gasteiger partial charge in [0.05, 0.1) is 19.1 Å². The van der Waals surface area contributed by atoms with Crippen molar-refractivity contribution in [2.45, 2.75) is 46.7 Å². The predicted octanol–water partition coefficient (Wildman–Crippen LogP) is 6.36. The molecule has 1 N–H and O–H groups in total. The number of ether oxygens (including phenoxy) is 1. The molecule has 0 spiro atoms. The summed E-state index contributed by atoms with van der Waals surface area (Å²) in [5.74, 6) is -0.180. The van der Waals surface area contributed by atoms with E-state index < -0.39 is 17.6 Å². The molecule has 0 aliphatic heterocycles. The molecule has 1 amide bonds. The third-order valence-electron chi connectivity index (χ3n) is 5.19. The van der Waals surface area contributed by atoms with E-state index in [0.717, 1.165) is 29.8 Å². The van der Waals surface area contributed by atoms with Crippen LogP contribution in [0.1, 0.15) is 60.6 Å². The number of carbonyl (C=O) groups is 2. The van der Waals surface area contributed by atoms with E-state index >= 15 is 0 Å². The fourth-order valence-corrected chi connectivity index (χ4v) is 3.41. The van der Waals surface area contributed by atoms with E-state index in [1.807, 2.05) is 39.8 Å². The van der Waals surface area contributed by atoms with Crippen molar-refractivity contribution >= 4 is 23.2 Å². The highest BCUT2D eigenvalue weighted by atomic mass is 19.4. The molecule has 0 aliphatic carbocycles. The Morgan fingerprint density at radius 3 is 2.16 bits per heavy atom. The minimum absolute atomic E-state index is 0.0671. The molecule has 2 aromatic carbocycles. The van der Waals surface area contributed by atoms with Crippen molar-refractivity contribution in [1.29, 1.82) is 0 Å². The third kappa shape index (κ3) is 7.64. The maximum atomic E-state index is 12.7. The summed E-state index contributed by atoms with van der Waals surface area (Å²) < 4.78 is 44.6. The molecule has 202 valence electrons. The number of hydrogen-bond donors (Lipinski definition) is 1. The van der Waals surface area contributed by atoms with Gasteiger partial charge < -0.3 is 10.1 Å². The first-order valence-electron chi connectivity index (χ1n) is 12.2. The maximum Gasteiger partial charge on any atom is 0.416 e. The van der Waals surface area contributed by atoms with Crippen molar-refractivity contribution in [3.63, 3.8) is 0 Å². The van der Waals surface area contributed by atoms with Gasteiger partial charge in [-0.25, -0.2) is 9.97 Å². The second kappa shape index (κ2) is 13.9.